The second kappa shape index (κ2) is 5.69. The molecule has 17 heavy (non-hydrogen) atoms. The Kier molecular flexibility index (Phi) is 4.23. The lowest BCUT2D eigenvalue weighted by Crippen LogP contribution is -2.47. The molecule has 1 aromatic rings. The lowest BCUT2D eigenvalue weighted by molar-refractivity contribution is 0.0924. The molecular formula is C12H18BrN3O. The summed E-state index contributed by atoms with van der Waals surface area (Å²) < 4.78 is 0.882. The molecule has 1 saturated carbocycles. The zero-order valence-corrected chi connectivity index (χ0v) is 11.3. The van der Waals surface area contributed by atoms with Crippen LogP contribution in [-0.2, 0) is 0 Å². The van der Waals surface area contributed by atoms with Gasteiger partial charge in [0, 0.05) is 22.8 Å². The van der Waals surface area contributed by atoms with E-state index in [1.54, 1.807) is 12.3 Å². The molecule has 0 saturated heterocycles. The number of amides is 1. The molecule has 2 unspecified atom stereocenters. The van der Waals surface area contributed by atoms with E-state index in [9.17, 15) is 4.79 Å². The van der Waals surface area contributed by atoms with Crippen LogP contribution in [0.3, 0.4) is 0 Å². The Morgan fingerprint density at radius 1 is 1.41 bits per heavy atom. The highest BCUT2D eigenvalue weighted by molar-refractivity contribution is 9.10. The van der Waals surface area contributed by atoms with E-state index in [2.05, 4.69) is 26.2 Å². The number of carbonyl (C=O) groups is 1. The van der Waals surface area contributed by atoms with Crippen molar-refractivity contribution in [3.63, 3.8) is 0 Å². The summed E-state index contributed by atoms with van der Waals surface area (Å²) in [6.07, 6.45) is 7.26. The first-order valence-corrected chi connectivity index (χ1v) is 6.86. The van der Waals surface area contributed by atoms with E-state index < -0.39 is 0 Å². The molecule has 1 heterocycles. The molecule has 1 aliphatic carbocycles. The number of halogens is 1. The van der Waals surface area contributed by atoms with Gasteiger partial charge in [0.15, 0.2) is 0 Å². The topological polar surface area (TPSA) is 70.9 Å². The molecule has 2 atom stereocenters. The third kappa shape index (κ3) is 3.33. The fourth-order valence-corrected chi connectivity index (χ4v) is 2.60. The molecular weight excluding hydrogens is 282 g/mol. The van der Waals surface area contributed by atoms with E-state index in [1.807, 2.05) is 0 Å². The molecule has 0 bridgehead atoms. The van der Waals surface area contributed by atoms with Crippen molar-refractivity contribution < 1.29 is 4.79 Å². The van der Waals surface area contributed by atoms with Crippen LogP contribution >= 0.6 is 15.9 Å². The third-order valence-electron chi connectivity index (χ3n) is 3.28. The van der Waals surface area contributed by atoms with Gasteiger partial charge in [0.25, 0.3) is 5.91 Å². The second-order valence-corrected chi connectivity index (χ2v) is 5.53. The Bertz CT molecular complexity index is 391. The molecule has 4 N–H and O–H groups in total. The highest BCUT2D eigenvalue weighted by atomic mass is 79.9. The smallest absolute Gasteiger partial charge is 0.268 e. The number of carbonyl (C=O) groups excluding carboxylic acids is 1. The van der Waals surface area contributed by atoms with E-state index in [0.29, 0.717) is 5.69 Å². The van der Waals surface area contributed by atoms with Crippen molar-refractivity contribution in [2.75, 3.05) is 0 Å². The van der Waals surface area contributed by atoms with Crippen molar-refractivity contribution in [1.82, 2.24) is 10.3 Å². The molecule has 0 spiro atoms. The number of nitrogens with one attached hydrogen (secondary N) is 2. The average Bonchev–Trinajstić information content (AvgIpc) is 2.63. The highest BCUT2D eigenvalue weighted by Gasteiger charge is 2.22. The van der Waals surface area contributed by atoms with Gasteiger partial charge in [-0.1, -0.05) is 19.3 Å². The predicted molar refractivity (Wildman–Crippen MR) is 70.8 cm³/mol. The van der Waals surface area contributed by atoms with Crippen LogP contribution in [0.25, 0.3) is 0 Å². The predicted octanol–water partition coefficient (Wildman–Crippen LogP) is 2.17. The van der Waals surface area contributed by atoms with Crippen molar-refractivity contribution in [2.24, 2.45) is 5.73 Å². The van der Waals surface area contributed by atoms with Crippen molar-refractivity contribution >= 4 is 21.8 Å². The molecule has 1 aromatic heterocycles. The van der Waals surface area contributed by atoms with E-state index >= 15 is 0 Å². The van der Waals surface area contributed by atoms with Gasteiger partial charge >= 0.3 is 0 Å². The summed E-state index contributed by atoms with van der Waals surface area (Å²) in [7, 11) is 0. The number of hydrogen-bond acceptors (Lipinski definition) is 2. The first-order valence-electron chi connectivity index (χ1n) is 6.07. The van der Waals surface area contributed by atoms with Gasteiger partial charge < -0.3 is 16.0 Å². The van der Waals surface area contributed by atoms with Crippen LogP contribution in [0.4, 0.5) is 0 Å². The van der Waals surface area contributed by atoms with Crippen LogP contribution in [0.2, 0.25) is 0 Å². The van der Waals surface area contributed by atoms with Crippen molar-refractivity contribution in [2.45, 2.75) is 44.2 Å². The molecule has 4 nitrogen and oxygen atoms in total. The van der Waals surface area contributed by atoms with E-state index in [-0.39, 0.29) is 18.0 Å². The molecule has 2 rings (SSSR count). The summed E-state index contributed by atoms with van der Waals surface area (Å²) >= 11 is 3.31. The number of nitrogens with two attached hydrogens (primary N) is 1. The molecule has 94 valence electrons. The molecule has 1 aliphatic rings. The molecule has 5 heteroatoms. The lowest BCUT2D eigenvalue weighted by atomic mass is 10.0. The fraction of sp³-hybridized carbons (Fsp3) is 0.583. The van der Waals surface area contributed by atoms with Gasteiger partial charge in [0.1, 0.15) is 5.69 Å². The fourth-order valence-electron chi connectivity index (χ4n) is 2.26. The minimum Gasteiger partial charge on any atom is -0.356 e. The van der Waals surface area contributed by atoms with Crippen LogP contribution < -0.4 is 11.1 Å². The summed E-state index contributed by atoms with van der Waals surface area (Å²) in [6, 6.07) is 1.96. The Hall–Kier alpha value is -0.810. The zero-order valence-electron chi connectivity index (χ0n) is 9.71. The quantitative estimate of drug-likeness (QED) is 0.733. The first-order chi connectivity index (χ1) is 8.16. The van der Waals surface area contributed by atoms with Crippen LogP contribution in [0.5, 0.6) is 0 Å². The van der Waals surface area contributed by atoms with Crippen molar-refractivity contribution in [1.29, 1.82) is 0 Å². The summed E-state index contributed by atoms with van der Waals surface area (Å²) in [5.74, 6) is -0.0712. The maximum atomic E-state index is 12.0. The maximum Gasteiger partial charge on any atom is 0.268 e. The van der Waals surface area contributed by atoms with Gasteiger partial charge in [-0.15, -0.1) is 0 Å². The van der Waals surface area contributed by atoms with Crippen molar-refractivity contribution in [3.8, 4) is 0 Å². The van der Waals surface area contributed by atoms with E-state index in [0.717, 1.165) is 23.7 Å². The number of hydrogen-bond donors (Lipinski definition) is 3. The Morgan fingerprint density at radius 2 is 2.18 bits per heavy atom. The molecule has 0 aromatic carbocycles. The first kappa shape index (κ1) is 12.6. The van der Waals surface area contributed by atoms with Gasteiger partial charge in [-0.25, -0.2) is 0 Å². The molecule has 1 fully saturated rings. The Labute approximate surface area is 109 Å². The standard InChI is InChI=1S/C12H18BrN3O/c13-8-6-11(15-7-8)12(17)16-10-5-3-1-2-4-9(10)14/h6-7,9-10,15H,1-5,14H2,(H,16,17). The largest absolute Gasteiger partial charge is 0.356 e. The van der Waals surface area contributed by atoms with Gasteiger partial charge in [0.05, 0.1) is 0 Å². The van der Waals surface area contributed by atoms with E-state index in [4.69, 9.17) is 5.73 Å². The van der Waals surface area contributed by atoms with E-state index in [1.165, 1.54) is 12.8 Å². The third-order valence-corrected chi connectivity index (χ3v) is 3.74. The second-order valence-electron chi connectivity index (χ2n) is 4.61. The number of H-pyrrole nitrogens is 1. The minimum absolute atomic E-state index is 0.0712. The molecule has 0 radical (unpaired) electrons. The summed E-state index contributed by atoms with van der Waals surface area (Å²) in [5.41, 5.74) is 6.65. The highest BCUT2D eigenvalue weighted by Crippen LogP contribution is 2.17. The van der Waals surface area contributed by atoms with Crippen LogP contribution in [0.1, 0.15) is 42.6 Å². The van der Waals surface area contributed by atoms with Crippen LogP contribution in [-0.4, -0.2) is 23.0 Å². The van der Waals surface area contributed by atoms with Gasteiger partial charge in [-0.05, 0) is 34.8 Å². The van der Waals surface area contributed by atoms with Crippen LogP contribution in [0.15, 0.2) is 16.7 Å². The monoisotopic (exact) mass is 299 g/mol. The zero-order chi connectivity index (χ0) is 12.3. The van der Waals surface area contributed by atoms with Crippen molar-refractivity contribution in [3.05, 3.63) is 22.4 Å². The average molecular weight is 300 g/mol. The molecule has 0 aliphatic heterocycles. The lowest BCUT2D eigenvalue weighted by Gasteiger charge is -2.22. The number of rotatable bonds is 2. The summed E-state index contributed by atoms with van der Waals surface area (Å²) in [4.78, 5) is 14.9. The Balaban J connectivity index is 1.97. The SMILES string of the molecule is NC1CCCCCC1NC(=O)c1cc(Br)c[nH]1. The normalized spacial score (nSPS) is 25.3. The molecule has 1 amide bonds. The van der Waals surface area contributed by atoms with Gasteiger partial charge in [-0.2, -0.15) is 0 Å². The maximum absolute atomic E-state index is 12.0. The van der Waals surface area contributed by atoms with Gasteiger partial charge in [-0.3, -0.25) is 4.79 Å². The summed E-state index contributed by atoms with van der Waals surface area (Å²) in [6.45, 7) is 0. The van der Waals surface area contributed by atoms with Crippen LogP contribution in [0, 0.1) is 0 Å². The van der Waals surface area contributed by atoms with Gasteiger partial charge in [0.2, 0.25) is 0 Å². The Morgan fingerprint density at radius 3 is 2.88 bits per heavy atom. The minimum atomic E-state index is -0.0712. The number of aromatic nitrogens is 1. The summed E-state index contributed by atoms with van der Waals surface area (Å²) in [5, 5.41) is 3.02. The number of aromatic amines is 1.